The molecule has 0 bridgehead atoms. The molecule has 0 N–H and O–H groups in total. The molecule has 0 saturated carbocycles. The van der Waals surface area contributed by atoms with Crippen LogP contribution in [-0.2, 0) is 6.42 Å². The Morgan fingerprint density at radius 1 is 0.906 bits per heavy atom. The number of nitrogens with zero attached hydrogens (tertiary/aromatic N) is 2. The van der Waals surface area contributed by atoms with E-state index in [2.05, 4.69) is 16.5 Å². The molecule has 0 atom stereocenters. The second-order valence-electron chi connectivity index (χ2n) is 7.56. The summed E-state index contributed by atoms with van der Waals surface area (Å²) < 4.78 is 7.37. The summed E-state index contributed by atoms with van der Waals surface area (Å²) in [6, 6.07) is 26.0. The molecule has 158 valence electrons. The van der Waals surface area contributed by atoms with Crippen LogP contribution in [0.15, 0.2) is 90.4 Å². The number of methoxy groups -OCH3 is 1. The Kier molecular flexibility index (Phi) is 5.57. The fraction of sp³-hybridized carbons (Fsp3) is 0.111. The first-order chi connectivity index (χ1) is 15.7. The van der Waals surface area contributed by atoms with E-state index in [1.165, 1.54) is 0 Å². The smallest absolute Gasteiger partial charge is 0.194 e. The highest BCUT2D eigenvalue weighted by molar-refractivity contribution is 7.15. The normalized spacial score (nSPS) is 11.0. The van der Waals surface area contributed by atoms with Crippen LogP contribution in [-0.4, -0.2) is 22.3 Å². The fourth-order valence-electron chi connectivity index (χ4n) is 3.91. The van der Waals surface area contributed by atoms with Gasteiger partial charge in [-0.05, 0) is 41.8 Å². The molecule has 0 unspecified atom stereocenters. The van der Waals surface area contributed by atoms with Gasteiger partial charge in [0.1, 0.15) is 5.75 Å². The zero-order chi connectivity index (χ0) is 21.9. The van der Waals surface area contributed by atoms with Crippen LogP contribution >= 0.6 is 11.3 Å². The molecule has 5 heteroatoms. The van der Waals surface area contributed by atoms with Crippen LogP contribution < -0.4 is 4.74 Å². The highest BCUT2D eigenvalue weighted by Gasteiger charge is 2.17. The quantitative estimate of drug-likeness (QED) is 0.271. The maximum atomic E-state index is 12.9. The minimum absolute atomic E-state index is 0.135. The van der Waals surface area contributed by atoms with E-state index in [1.807, 2.05) is 78.3 Å². The van der Waals surface area contributed by atoms with Crippen molar-refractivity contribution < 1.29 is 9.53 Å². The number of hydrogen-bond donors (Lipinski definition) is 0. The Labute approximate surface area is 190 Å². The molecule has 0 amide bonds. The first-order valence-corrected chi connectivity index (χ1v) is 11.4. The van der Waals surface area contributed by atoms with Crippen LogP contribution in [0.25, 0.3) is 27.3 Å². The number of ether oxygens (including phenoxy) is 1. The van der Waals surface area contributed by atoms with Gasteiger partial charge in [-0.2, -0.15) is 0 Å². The maximum Gasteiger partial charge on any atom is 0.194 e. The Balaban J connectivity index is 1.36. The summed E-state index contributed by atoms with van der Waals surface area (Å²) in [6.07, 6.45) is 3.07. The summed E-state index contributed by atoms with van der Waals surface area (Å²) in [6.45, 7) is 0. The molecule has 0 aliphatic heterocycles. The van der Waals surface area contributed by atoms with Crippen molar-refractivity contribution in [3.05, 3.63) is 102 Å². The van der Waals surface area contributed by atoms with E-state index in [0.29, 0.717) is 12.8 Å². The van der Waals surface area contributed by atoms with Gasteiger partial charge in [-0.3, -0.25) is 9.20 Å². The molecular formula is C27H22N2O2S. The summed E-state index contributed by atoms with van der Waals surface area (Å²) in [7, 11) is 1.66. The predicted octanol–water partition coefficient (Wildman–Crippen LogP) is 6.55. The van der Waals surface area contributed by atoms with Crippen LogP contribution in [0.5, 0.6) is 5.75 Å². The first-order valence-electron chi connectivity index (χ1n) is 10.5. The summed E-state index contributed by atoms with van der Waals surface area (Å²) >= 11 is 1.60. The molecule has 0 radical (unpaired) electrons. The fourth-order valence-corrected chi connectivity index (χ4v) is 4.64. The predicted molar refractivity (Wildman–Crippen MR) is 130 cm³/mol. The van der Waals surface area contributed by atoms with Crippen molar-refractivity contribution in [1.82, 2.24) is 9.38 Å². The Bertz CT molecular complexity index is 1350. The highest BCUT2D eigenvalue weighted by Crippen LogP contribution is 2.29. The molecule has 0 aliphatic rings. The average Bonchev–Trinajstić information content (AvgIpc) is 3.45. The second-order valence-corrected chi connectivity index (χ2v) is 8.43. The van der Waals surface area contributed by atoms with E-state index in [0.717, 1.165) is 44.4 Å². The number of aromatic nitrogens is 2. The van der Waals surface area contributed by atoms with Crippen molar-refractivity contribution in [1.29, 1.82) is 0 Å². The molecule has 2 heterocycles. The molecule has 0 aliphatic carbocycles. The van der Waals surface area contributed by atoms with Gasteiger partial charge in [-0.1, -0.05) is 54.6 Å². The van der Waals surface area contributed by atoms with Gasteiger partial charge in [0.05, 0.1) is 18.5 Å². The molecule has 0 fully saturated rings. The number of Topliss-reactive ketones (excluding diaryl/α,β-unsaturated/α-hetero) is 1. The molecule has 32 heavy (non-hydrogen) atoms. The number of ketones is 1. The summed E-state index contributed by atoms with van der Waals surface area (Å²) in [5.41, 5.74) is 6.00. The van der Waals surface area contributed by atoms with E-state index in [4.69, 9.17) is 9.72 Å². The SMILES string of the molecule is COc1ccc(-c2nc3sccn3c2CCC(=O)c2ccc(-c3ccccc3)cc2)cc1. The number of imidazole rings is 1. The molecule has 0 saturated heterocycles. The zero-order valence-electron chi connectivity index (χ0n) is 17.7. The van der Waals surface area contributed by atoms with Gasteiger partial charge in [0.2, 0.25) is 0 Å². The molecule has 5 aromatic rings. The van der Waals surface area contributed by atoms with Crippen LogP contribution in [0.1, 0.15) is 22.5 Å². The summed E-state index contributed by atoms with van der Waals surface area (Å²) in [5, 5.41) is 2.02. The molecule has 4 nitrogen and oxygen atoms in total. The Morgan fingerprint density at radius 2 is 1.59 bits per heavy atom. The number of carbonyl (C=O) groups excluding carboxylic acids is 1. The van der Waals surface area contributed by atoms with Crippen molar-refractivity contribution >= 4 is 22.1 Å². The molecular weight excluding hydrogens is 416 g/mol. The number of thiazole rings is 1. The van der Waals surface area contributed by atoms with Gasteiger partial charge in [0.15, 0.2) is 10.7 Å². The largest absolute Gasteiger partial charge is 0.497 e. The number of aryl methyl sites for hydroxylation is 1. The van der Waals surface area contributed by atoms with Gasteiger partial charge in [-0.25, -0.2) is 4.98 Å². The molecule has 2 aromatic heterocycles. The number of carbonyl (C=O) groups is 1. The lowest BCUT2D eigenvalue weighted by atomic mass is 9.99. The number of hydrogen-bond acceptors (Lipinski definition) is 4. The van der Waals surface area contributed by atoms with Crippen LogP contribution in [0, 0.1) is 0 Å². The van der Waals surface area contributed by atoms with Crippen molar-refractivity contribution in [3.63, 3.8) is 0 Å². The molecule has 5 rings (SSSR count). The van der Waals surface area contributed by atoms with E-state index in [1.54, 1.807) is 18.4 Å². The van der Waals surface area contributed by atoms with Gasteiger partial charge in [0.25, 0.3) is 0 Å². The lowest BCUT2D eigenvalue weighted by Gasteiger charge is -2.07. The second kappa shape index (κ2) is 8.81. The number of rotatable bonds is 7. The lowest BCUT2D eigenvalue weighted by Crippen LogP contribution is -2.03. The molecule has 0 spiro atoms. The van der Waals surface area contributed by atoms with E-state index >= 15 is 0 Å². The molecule has 3 aromatic carbocycles. The third kappa shape index (κ3) is 3.95. The number of fused-ring (bicyclic) bond motifs is 1. The topological polar surface area (TPSA) is 43.6 Å². The van der Waals surface area contributed by atoms with Crippen molar-refractivity contribution in [2.45, 2.75) is 12.8 Å². The third-order valence-electron chi connectivity index (χ3n) is 5.63. The van der Waals surface area contributed by atoms with Crippen LogP contribution in [0.3, 0.4) is 0 Å². The van der Waals surface area contributed by atoms with Gasteiger partial charge < -0.3 is 4.74 Å². The zero-order valence-corrected chi connectivity index (χ0v) is 18.5. The van der Waals surface area contributed by atoms with E-state index in [9.17, 15) is 4.79 Å². The summed E-state index contributed by atoms with van der Waals surface area (Å²) in [4.78, 5) is 18.7. The highest BCUT2D eigenvalue weighted by atomic mass is 32.1. The first kappa shape index (κ1) is 20.2. The maximum absolute atomic E-state index is 12.9. The van der Waals surface area contributed by atoms with Crippen LogP contribution in [0.2, 0.25) is 0 Å². The minimum atomic E-state index is 0.135. The Hall–Kier alpha value is -3.70. The van der Waals surface area contributed by atoms with E-state index in [-0.39, 0.29) is 5.78 Å². The minimum Gasteiger partial charge on any atom is -0.497 e. The van der Waals surface area contributed by atoms with E-state index < -0.39 is 0 Å². The van der Waals surface area contributed by atoms with Crippen LogP contribution in [0.4, 0.5) is 0 Å². The number of benzene rings is 3. The average molecular weight is 439 g/mol. The third-order valence-corrected chi connectivity index (χ3v) is 6.38. The van der Waals surface area contributed by atoms with Crippen molar-refractivity contribution in [2.75, 3.05) is 7.11 Å². The summed E-state index contributed by atoms with van der Waals surface area (Å²) in [5.74, 6) is 0.945. The van der Waals surface area contributed by atoms with Gasteiger partial charge >= 0.3 is 0 Å². The standard InChI is InChI=1S/C27H22N2O2S/c1-31-23-13-11-22(12-14-23)26-24(29-17-18-32-27(29)28-26)15-16-25(30)21-9-7-20(8-10-21)19-5-3-2-4-6-19/h2-14,17-18H,15-16H2,1H3. The monoisotopic (exact) mass is 438 g/mol. The lowest BCUT2D eigenvalue weighted by molar-refractivity contribution is 0.0982. The van der Waals surface area contributed by atoms with Crippen molar-refractivity contribution in [3.8, 4) is 28.1 Å². The van der Waals surface area contributed by atoms with Crippen molar-refractivity contribution in [2.24, 2.45) is 0 Å². The van der Waals surface area contributed by atoms with Gasteiger partial charge in [-0.15, -0.1) is 11.3 Å². The van der Waals surface area contributed by atoms with Gasteiger partial charge in [0, 0.05) is 29.1 Å². The Morgan fingerprint density at radius 3 is 2.31 bits per heavy atom.